The van der Waals surface area contributed by atoms with Crippen LogP contribution < -0.4 is 10.6 Å². The van der Waals surface area contributed by atoms with E-state index in [1.165, 1.54) is 0 Å². The summed E-state index contributed by atoms with van der Waals surface area (Å²) >= 11 is 0. The zero-order valence-corrected chi connectivity index (χ0v) is 33.4. The molecule has 3 N–H and O–H groups in total. The van der Waals surface area contributed by atoms with Crippen LogP contribution in [-0.4, -0.2) is 151 Å². The monoisotopic (exact) mass is 751 g/mol. The van der Waals surface area contributed by atoms with Crippen LogP contribution in [0.4, 0.5) is 4.79 Å². The number of quaternary nitrogens is 2. The maximum absolute atomic E-state index is 14.7. The van der Waals surface area contributed by atoms with E-state index in [4.69, 9.17) is 18.9 Å². The molecule has 0 aromatic heterocycles. The molecule has 0 bridgehead atoms. The number of nitrogens with one attached hydrogen (secondary N) is 2. The minimum absolute atomic E-state index is 0.00510. The van der Waals surface area contributed by atoms with Crippen molar-refractivity contribution in [2.45, 2.75) is 98.2 Å². The molecule has 0 spiro atoms. The molecule has 1 aromatic rings. The lowest BCUT2D eigenvalue weighted by molar-refractivity contribution is -0.984. The van der Waals surface area contributed by atoms with E-state index in [0.717, 1.165) is 5.56 Å². The highest BCUT2D eigenvalue weighted by molar-refractivity contribution is 5.74. The molecule has 1 heterocycles. The van der Waals surface area contributed by atoms with Gasteiger partial charge < -0.3 is 34.7 Å². The predicted molar refractivity (Wildman–Crippen MR) is 198 cm³/mol. The van der Waals surface area contributed by atoms with E-state index in [2.05, 4.69) is 10.6 Å². The van der Waals surface area contributed by atoms with E-state index in [1.807, 2.05) is 35.2 Å². The Labute approximate surface area is 315 Å². The molecule has 1 aromatic carbocycles. The van der Waals surface area contributed by atoms with Gasteiger partial charge in [0.25, 0.3) is 0 Å². The molecule has 0 radical (unpaired) electrons. The number of benzene rings is 1. The van der Waals surface area contributed by atoms with E-state index >= 15 is 0 Å². The number of ether oxygens (including phenoxy) is 4. The van der Waals surface area contributed by atoms with Crippen molar-refractivity contribution in [2.75, 3.05) is 78.7 Å². The lowest BCUT2D eigenvalue weighted by atomic mass is 10.1. The van der Waals surface area contributed by atoms with Gasteiger partial charge in [0.05, 0.1) is 13.1 Å². The average Bonchev–Trinajstić information content (AvgIpc) is 3.02. The number of esters is 3. The molecule has 2 amide bonds. The summed E-state index contributed by atoms with van der Waals surface area (Å²) in [6.07, 6.45) is 0.0715. The Hall–Kier alpha value is -3.63. The lowest BCUT2D eigenvalue weighted by Gasteiger charge is -2.46. The molecule has 1 fully saturated rings. The molecule has 0 saturated carbocycles. The van der Waals surface area contributed by atoms with E-state index in [0.29, 0.717) is 26.0 Å². The summed E-state index contributed by atoms with van der Waals surface area (Å²) < 4.78 is 22.3. The van der Waals surface area contributed by atoms with Crippen molar-refractivity contribution < 1.29 is 57.0 Å². The first-order valence-electron chi connectivity index (χ1n) is 18.4. The van der Waals surface area contributed by atoms with E-state index in [-0.39, 0.29) is 63.3 Å². The summed E-state index contributed by atoms with van der Waals surface area (Å²) in [6, 6.07) is 8.45. The quantitative estimate of drug-likeness (QED) is 0.0886. The lowest BCUT2D eigenvalue weighted by Crippen LogP contribution is -2.70. The van der Waals surface area contributed by atoms with Crippen LogP contribution in [0, 0.1) is 0 Å². The van der Waals surface area contributed by atoms with Gasteiger partial charge in [0.2, 0.25) is 6.41 Å². The van der Waals surface area contributed by atoms with Crippen LogP contribution in [0.3, 0.4) is 0 Å². The SMILES string of the molecule is CC(C)(C)OC(=O)CN1CCNCC[N+](CO)(CC(=O)OC(C)(C)C)C(CCNC=O)C[N+](CC(=O)OC(C)(C)C)(C(=O)OCc2ccccc2)CC1. The zero-order valence-electron chi connectivity index (χ0n) is 33.4. The second-order valence-corrected chi connectivity index (χ2v) is 16.8. The van der Waals surface area contributed by atoms with E-state index in [1.54, 1.807) is 62.3 Å². The summed E-state index contributed by atoms with van der Waals surface area (Å²) in [5.41, 5.74) is -1.64. The molecule has 2 rings (SSSR count). The maximum Gasteiger partial charge on any atom is 0.517 e. The molecule has 3 atom stereocenters. The summed E-state index contributed by atoms with van der Waals surface area (Å²) in [6.45, 7) is 16.2. The van der Waals surface area contributed by atoms with Gasteiger partial charge in [-0.25, -0.2) is 14.1 Å². The van der Waals surface area contributed by atoms with Crippen LogP contribution in [0.1, 0.15) is 74.3 Å². The van der Waals surface area contributed by atoms with Crippen LogP contribution in [0.2, 0.25) is 0 Å². The number of hydrogen-bond donors (Lipinski definition) is 3. The molecular formula is C38H65N5O10+2. The number of carbonyl (C=O) groups is 5. The number of nitrogens with zero attached hydrogens (tertiary/aromatic N) is 3. The first-order chi connectivity index (χ1) is 24.6. The number of rotatable bonds is 13. The fourth-order valence-corrected chi connectivity index (χ4v) is 6.27. The van der Waals surface area contributed by atoms with Gasteiger partial charge in [-0.15, -0.1) is 0 Å². The van der Waals surface area contributed by atoms with E-state index < -0.39 is 64.6 Å². The second kappa shape index (κ2) is 20.2. The summed E-state index contributed by atoms with van der Waals surface area (Å²) in [5.74, 6) is -1.64. The van der Waals surface area contributed by atoms with Gasteiger partial charge >= 0.3 is 24.0 Å². The van der Waals surface area contributed by atoms with Crippen molar-refractivity contribution in [3.63, 3.8) is 0 Å². The Morgan fingerprint density at radius 2 is 1.43 bits per heavy atom. The Bertz CT molecular complexity index is 1340. The molecule has 1 aliphatic rings. The Morgan fingerprint density at radius 3 is 2.00 bits per heavy atom. The molecule has 1 aliphatic heterocycles. The van der Waals surface area contributed by atoms with Gasteiger partial charge in [0, 0.05) is 39.1 Å². The highest BCUT2D eigenvalue weighted by Gasteiger charge is 2.51. The third-order valence-corrected chi connectivity index (χ3v) is 8.59. The van der Waals surface area contributed by atoms with Crippen molar-refractivity contribution in [1.29, 1.82) is 0 Å². The minimum Gasteiger partial charge on any atom is -0.459 e. The molecule has 15 heteroatoms. The normalized spacial score (nSPS) is 22.3. The number of amides is 2. The fourth-order valence-electron chi connectivity index (χ4n) is 6.27. The Kier molecular flexibility index (Phi) is 17.3. The first-order valence-corrected chi connectivity index (χ1v) is 18.4. The molecule has 3 unspecified atom stereocenters. The topological polar surface area (TPSA) is 170 Å². The molecule has 15 nitrogen and oxygen atoms in total. The predicted octanol–water partition coefficient (Wildman–Crippen LogP) is 2.34. The average molecular weight is 752 g/mol. The number of aliphatic hydroxyl groups is 1. The molecule has 53 heavy (non-hydrogen) atoms. The van der Waals surface area contributed by atoms with Crippen LogP contribution in [0.5, 0.6) is 0 Å². The number of carbonyl (C=O) groups excluding carboxylic acids is 5. The number of aliphatic hydroxyl groups excluding tert-OH is 1. The number of hydrogen-bond acceptors (Lipinski definition) is 12. The summed E-state index contributed by atoms with van der Waals surface area (Å²) in [5, 5.41) is 17.3. The van der Waals surface area contributed by atoms with Crippen LogP contribution in [0.25, 0.3) is 0 Å². The summed E-state index contributed by atoms with van der Waals surface area (Å²) in [4.78, 5) is 68.4. The standard InChI is InChI=1S/C38H64N5O10/c1-36(2,3)51-32(46)23-41-19-17-39-18-21-43(29-45,26-34(48)53-38(7,8)9)31(15-16-40-28-44)24-42(22-20-41,25-33(47)52-37(4,5)6)35(49)50-27-30-13-11-10-12-14-30/h10-14,28,31,39,45H,15-27,29H2,1-9H3/q+1/p+1. The Morgan fingerprint density at radius 1 is 0.849 bits per heavy atom. The molecular weight excluding hydrogens is 686 g/mol. The van der Waals surface area contributed by atoms with Gasteiger partial charge in [-0.3, -0.25) is 19.0 Å². The third-order valence-electron chi connectivity index (χ3n) is 8.59. The van der Waals surface area contributed by atoms with Crippen molar-refractivity contribution in [3.8, 4) is 0 Å². The fraction of sp³-hybridized carbons (Fsp3) is 0.711. The molecule has 1 saturated heterocycles. The third kappa shape index (κ3) is 16.9. The smallest absolute Gasteiger partial charge is 0.459 e. The van der Waals surface area contributed by atoms with Crippen molar-refractivity contribution >= 4 is 30.4 Å². The highest BCUT2D eigenvalue weighted by atomic mass is 16.6. The van der Waals surface area contributed by atoms with Crippen molar-refractivity contribution in [2.24, 2.45) is 0 Å². The Balaban J connectivity index is 2.77. The maximum atomic E-state index is 14.7. The summed E-state index contributed by atoms with van der Waals surface area (Å²) in [7, 11) is 0. The van der Waals surface area contributed by atoms with Gasteiger partial charge in [-0.1, -0.05) is 30.3 Å². The first kappa shape index (κ1) is 45.5. The van der Waals surface area contributed by atoms with Crippen molar-refractivity contribution in [3.05, 3.63) is 35.9 Å². The minimum atomic E-state index is -0.870. The van der Waals surface area contributed by atoms with Crippen molar-refractivity contribution in [1.82, 2.24) is 15.5 Å². The largest absolute Gasteiger partial charge is 0.517 e. The molecule has 300 valence electrons. The second-order valence-electron chi connectivity index (χ2n) is 16.8. The van der Waals surface area contributed by atoms with Crippen LogP contribution >= 0.6 is 0 Å². The van der Waals surface area contributed by atoms with Gasteiger partial charge in [0.1, 0.15) is 42.5 Å². The van der Waals surface area contributed by atoms with Crippen LogP contribution in [-0.2, 0) is 44.7 Å². The van der Waals surface area contributed by atoms with E-state index in [9.17, 15) is 29.1 Å². The van der Waals surface area contributed by atoms with Crippen LogP contribution in [0.15, 0.2) is 30.3 Å². The van der Waals surface area contributed by atoms with Gasteiger partial charge in [-0.2, -0.15) is 4.79 Å². The zero-order chi connectivity index (χ0) is 39.9. The van der Waals surface area contributed by atoms with Gasteiger partial charge in [-0.05, 0) is 67.9 Å². The molecule has 0 aliphatic carbocycles. The highest BCUT2D eigenvalue weighted by Crippen LogP contribution is 2.26. The van der Waals surface area contributed by atoms with Gasteiger partial charge in [0.15, 0.2) is 19.8 Å².